The van der Waals surface area contributed by atoms with Crippen LogP contribution in [-0.4, -0.2) is 26.4 Å². The van der Waals surface area contributed by atoms with E-state index < -0.39 is 0 Å². The second-order valence-corrected chi connectivity index (χ2v) is 2.96. The first-order valence-corrected chi connectivity index (χ1v) is 4.87. The Morgan fingerprint density at radius 3 is 2.69 bits per heavy atom. The molecule has 3 nitrogen and oxygen atoms in total. The Hall–Kier alpha value is -0.190. The molecule has 0 saturated carbocycles. The third kappa shape index (κ3) is 6.93. The van der Waals surface area contributed by atoms with Crippen LogP contribution in [0.1, 0.15) is 20.3 Å². The molecule has 0 radical (unpaired) electrons. The average molecular weight is 205 g/mol. The van der Waals surface area contributed by atoms with Gasteiger partial charge in [0, 0.05) is 12.7 Å². The van der Waals surface area contributed by atoms with Gasteiger partial charge in [0.2, 0.25) is 0 Å². The summed E-state index contributed by atoms with van der Waals surface area (Å²) in [6.45, 7) is 5.20. The SMILES string of the molecule is CC/C(=C\C(C)OCCOS)NC. The van der Waals surface area contributed by atoms with Crippen LogP contribution < -0.4 is 5.32 Å². The van der Waals surface area contributed by atoms with Gasteiger partial charge in [-0.3, -0.25) is 0 Å². The summed E-state index contributed by atoms with van der Waals surface area (Å²) in [6.07, 6.45) is 3.18. The molecule has 1 N–H and O–H groups in total. The third-order valence-electron chi connectivity index (χ3n) is 1.69. The molecule has 78 valence electrons. The van der Waals surface area contributed by atoms with Crippen LogP contribution in [0.2, 0.25) is 0 Å². The average Bonchev–Trinajstić information content (AvgIpc) is 2.14. The number of allylic oxidation sites excluding steroid dienone is 1. The van der Waals surface area contributed by atoms with Gasteiger partial charge in [-0.2, -0.15) is 0 Å². The Morgan fingerprint density at radius 1 is 1.54 bits per heavy atom. The van der Waals surface area contributed by atoms with Gasteiger partial charge in [0.1, 0.15) is 0 Å². The van der Waals surface area contributed by atoms with E-state index in [4.69, 9.17) is 4.74 Å². The summed E-state index contributed by atoms with van der Waals surface area (Å²) in [6, 6.07) is 0. The van der Waals surface area contributed by atoms with E-state index in [1.54, 1.807) is 0 Å². The maximum atomic E-state index is 5.43. The molecule has 0 aliphatic carbocycles. The summed E-state index contributed by atoms with van der Waals surface area (Å²) in [7, 11) is 1.92. The molecule has 0 spiro atoms. The summed E-state index contributed by atoms with van der Waals surface area (Å²) in [4.78, 5) is 0. The molecule has 0 heterocycles. The summed E-state index contributed by atoms with van der Waals surface area (Å²) >= 11 is 3.62. The third-order valence-corrected chi connectivity index (χ3v) is 1.88. The lowest BCUT2D eigenvalue weighted by Gasteiger charge is -2.10. The molecule has 0 saturated heterocycles. The molecule has 0 aromatic heterocycles. The van der Waals surface area contributed by atoms with Crippen molar-refractivity contribution in [3.8, 4) is 0 Å². The van der Waals surface area contributed by atoms with Gasteiger partial charge in [-0.1, -0.05) is 6.92 Å². The number of ether oxygens (including phenoxy) is 1. The van der Waals surface area contributed by atoms with Gasteiger partial charge in [-0.05, 0) is 32.3 Å². The van der Waals surface area contributed by atoms with E-state index in [1.807, 2.05) is 14.0 Å². The molecular formula is C9H19NO2S. The Labute approximate surface area is 86.1 Å². The van der Waals surface area contributed by atoms with Crippen LogP contribution in [0.25, 0.3) is 0 Å². The Bertz CT molecular complexity index is 145. The minimum Gasteiger partial charge on any atom is -0.392 e. The van der Waals surface area contributed by atoms with Gasteiger partial charge in [0.25, 0.3) is 0 Å². The summed E-state index contributed by atoms with van der Waals surface area (Å²) < 4.78 is 10.0. The van der Waals surface area contributed by atoms with Gasteiger partial charge in [0.05, 0.1) is 19.3 Å². The Balaban J connectivity index is 3.69. The van der Waals surface area contributed by atoms with Gasteiger partial charge in [0.15, 0.2) is 0 Å². The lowest BCUT2D eigenvalue weighted by molar-refractivity contribution is 0.0756. The Morgan fingerprint density at radius 2 is 2.23 bits per heavy atom. The first-order valence-electron chi connectivity index (χ1n) is 4.51. The van der Waals surface area contributed by atoms with Gasteiger partial charge in [-0.15, -0.1) is 0 Å². The van der Waals surface area contributed by atoms with Crippen LogP contribution in [0.5, 0.6) is 0 Å². The lowest BCUT2D eigenvalue weighted by atomic mass is 10.2. The van der Waals surface area contributed by atoms with Crippen LogP contribution >= 0.6 is 12.9 Å². The number of rotatable bonds is 7. The minimum atomic E-state index is 0.117. The molecule has 0 aliphatic rings. The first kappa shape index (κ1) is 12.8. The van der Waals surface area contributed by atoms with Crippen LogP contribution in [0, 0.1) is 0 Å². The number of thiol groups is 1. The molecular weight excluding hydrogens is 186 g/mol. The maximum absolute atomic E-state index is 5.43. The number of nitrogens with one attached hydrogen (secondary N) is 1. The molecule has 1 atom stereocenters. The highest BCUT2D eigenvalue weighted by atomic mass is 32.1. The van der Waals surface area contributed by atoms with E-state index in [1.165, 1.54) is 5.70 Å². The highest BCUT2D eigenvalue weighted by Gasteiger charge is 1.99. The standard InChI is InChI=1S/C9H19NO2S/c1-4-9(10-3)7-8(2)11-5-6-12-13/h7-8,10,13H,4-6H2,1-3H3/b9-7+. The van der Waals surface area contributed by atoms with Gasteiger partial charge in [-0.25, -0.2) is 0 Å². The van der Waals surface area contributed by atoms with Crippen molar-refractivity contribution in [2.45, 2.75) is 26.4 Å². The predicted molar refractivity (Wildman–Crippen MR) is 57.8 cm³/mol. The molecule has 0 fully saturated rings. The fraction of sp³-hybridized carbons (Fsp3) is 0.778. The van der Waals surface area contributed by atoms with Crippen molar-refractivity contribution in [1.82, 2.24) is 5.32 Å². The van der Waals surface area contributed by atoms with Crippen molar-refractivity contribution in [3.63, 3.8) is 0 Å². The van der Waals surface area contributed by atoms with E-state index in [0.29, 0.717) is 13.2 Å². The molecule has 0 aliphatic heterocycles. The van der Waals surface area contributed by atoms with E-state index in [-0.39, 0.29) is 6.10 Å². The topological polar surface area (TPSA) is 30.5 Å². The normalized spacial score (nSPS) is 14.3. The predicted octanol–water partition coefficient (Wildman–Crippen LogP) is 1.77. The zero-order valence-corrected chi connectivity index (χ0v) is 9.43. The van der Waals surface area contributed by atoms with Crippen molar-refractivity contribution < 1.29 is 8.92 Å². The highest BCUT2D eigenvalue weighted by molar-refractivity contribution is 7.75. The van der Waals surface area contributed by atoms with Crippen molar-refractivity contribution in [2.75, 3.05) is 20.3 Å². The maximum Gasteiger partial charge on any atom is 0.0844 e. The van der Waals surface area contributed by atoms with Crippen LogP contribution in [0.3, 0.4) is 0 Å². The van der Waals surface area contributed by atoms with Crippen LogP contribution in [0.4, 0.5) is 0 Å². The van der Waals surface area contributed by atoms with E-state index >= 15 is 0 Å². The fourth-order valence-corrected chi connectivity index (χ4v) is 1.06. The minimum absolute atomic E-state index is 0.117. The monoisotopic (exact) mass is 205 g/mol. The quantitative estimate of drug-likeness (QED) is 0.377. The van der Waals surface area contributed by atoms with Crippen molar-refractivity contribution >= 4 is 12.9 Å². The molecule has 0 aromatic rings. The molecule has 4 heteroatoms. The molecule has 0 aromatic carbocycles. The van der Waals surface area contributed by atoms with Gasteiger partial charge >= 0.3 is 0 Å². The first-order chi connectivity index (χ1) is 6.24. The fourth-order valence-electron chi connectivity index (χ4n) is 0.981. The highest BCUT2D eigenvalue weighted by Crippen LogP contribution is 2.00. The van der Waals surface area contributed by atoms with E-state index in [2.05, 4.69) is 35.4 Å². The molecule has 1 unspecified atom stereocenters. The zero-order chi connectivity index (χ0) is 10.1. The van der Waals surface area contributed by atoms with Gasteiger partial charge < -0.3 is 14.2 Å². The van der Waals surface area contributed by atoms with Crippen LogP contribution in [0.15, 0.2) is 11.8 Å². The molecule has 0 rings (SSSR count). The van der Waals surface area contributed by atoms with Crippen LogP contribution in [-0.2, 0) is 8.92 Å². The smallest absolute Gasteiger partial charge is 0.0844 e. The lowest BCUT2D eigenvalue weighted by Crippen LogP contribution is -2.13. The second kappa shape index (κ2) is 8.41. The number of hydrogen-bond acceptors (Lipinski definition) is 4. The largest absolute Gasteiger partial charge is 0.392 e. The number of hydrogen-bond donors (Lipinski definition) is 2. The van der Waals surface area contributed by atoms with E-state index in [0.717, 1.165) is 6.42 Å². The zero-order valence-electron chi connectivity index (χ0n) is 8.54. The summed E-state index contributed by atoms with van der Waals surface area (Å²) in [5.74, 6) is 0. The Kier molecular flexibility index (Phi) is 8.29. The molecule has 0 amide bonds. The summed E-state index contributed by atoms with van der Waals surface area (Å²) in [5, 5.41) is 3.11. The molecule has 0 bridgehead atoms. The van der Waals surface area contributed by atoms with Crippen molar-refractivity contribution in [3.05, 3.63) is 11.8 Å². The van der Waals surface area contributed by atoms with E-state index in [9.17, 15) is 0 Å². The van der Waals surface area contributed by atoms with Crippen molar-refractivity contribution in [1.29, 1.82) is 0 Å². The van der Waals surface area contributed by atoms with Crippen molar-refractivity contribution in [2.24, 2.45) is 0 Å². The summed E-state index contributed by atoms with van der Waals surface area (Å²) in [5.41, 5.74) is 1.19. The molecule has 13 heavy (non-hydrogen) atoms. The second-order valence-electron chi connectivity index (χ2n) is 2.70.